The Morgan fingerprint density at radius 1 is 1.42 bits per heavy atom. The monoisotopic (exact) mass is 170 g/mol. The van der Waals surface area contributed by atoms with Crippen LogP contribution in [0.1, 0.15) is 27.7 Å². The van der Waals surface area contributed by atoms with Crippen LogP contribution in [0.15, 0.2) is 0 Å². The smallest absolute Gasteiger partial charge is 0.0252 e. The summed E-state index contributed by atoms with van der Waals surface area (Å²) in [6, 6.07) is 0.707. The molecule has 1 fully saturated rings. The number of likely N-dealkylation sites (N-methyl/N-ethyl adjacent to an activating group) is 1. The lowest BCUT2D eigenvalue weighted by atomic mass is 9.94. The van der Waals surface area contributed by atoms with Gasteiger partial charge in [0.05, 0.1) is 0 Å². The summed E-state index contributed by atoms with van der Waals surface area (Å²) in [6.45, 7) is 11.4. The van der Waals surface area contributed by atoms with E-state index in [1.54, 1.807) is 0 Å². The number of hydrogen-bond acceptors (Lipinski definition) is 2. The minimum atomic E-state index is 0.292. The fourth-order valence-electron chi connectivity index (χ4n) is 2.08. The van der Waals surface area contributed by atoms with Crippen molar-refractivity contribution >= 4 is 0 Å². The van der Waals surface area contributed by atoms with Gasteiger partial charge in [-0.3, -0.25) is 0 Å². The average Bonchev–Trinajstić information content (AvgIpc) is 1.83. The predicted octanol–water partition coefficient (Wildman–Crippen LogP) is 1.32. The van der Waals surface area contributed by atoms with Crippen LogP contribution in [0.25, 0.3) is 0 Å². The Morgan fingerprint density at radius 2 is 2.00 bits per heavy atom. The van der Waals surface area contributed by atoms with Crippen LogP contribution in [0, 0.1) is 5.92 Å². The van der Waals surface area contributed by atoms with E-state index in [-0.39, 0.29) is 0 Å². The van der Waals surface area contributed by atoms with Crippen LogP contribution in [0.5, 0.6) is 0 Å². The molecule has 0 radical (unpaired) electrons. The Kier molecular flexibility index (Phi) is 2.79. The lowest BCUT2D eigenvalue weighted by Gasteiger charge is -2.44. The third-order valence-corrected chi connectivity index (χ3v) is 2.77. The lowest BCUT2D eigenvalue weighted by Crippen LogP contribution is -2.61. The van der Waals surface area contributed by atoms with E-state index in [9.17, 15) is 0 Å². The third kappa shape index (κ3) is 2.20. The molecule has 0 bridgehead atoms. The van der Waals surface area contributed by atoms with Crippen molar-refractivity contribution in [2.24, 2.45) is 5.92 Å². The molecule has 2 nitrogen and oxygen atoms in total. The Balaban J connectivity index is 2.54. The second-order valence-corrected chi connectivity index (χ2v) is 4.99. The number of nitrogens with zero attached hydrogens (tertiary/aromatic N) is 1. The van der Waals surface area contributed by atoms with E-state index in [1.165, 1.54) is 0 Å². The van der Waals surface area contributed by atoms with Crippen molar-refractivity contribution in [2.45, 2.75) is 39.3 Å². The zero-order valence-corrected chi connectivity index (χ0v) is 9.02. The summed E-state index contributed by atoms with van der Waals surface area (Å²) in [5.41, 5.74) is 0.292. The Bertz CT molecular complexity index is 152. The van der Waals surface area contributed by atoms with Crippen LogP contribution >= 0.6 is 0 Å². The zero-order chi connectivity index (χ0) is 9.35. The van der Waals surface area contributed by atoms with Crippen LogP contribution in [-0.4, -0.2) is 36.6 Å². The summed E-state index contributed by atoms with van der Waals surface area (Å²) in [5.74, 6) is 0.749. The molecule has 0 saturated carbocycles. The van der Waals surface area contributed by atoms with Gasteiger partial charge in [-0.1, -0.05) is 13.8 Å². The van der Waals surface area contributed by atoms with Crippen molar-refractivity contribution in [3.05, 3.63) is 0 Å². The third-order valence-electron chi connectivity index (χ3n) is 2.77. The molecule has 1 N–H and O–H groups in total. The van der Waals surface area contributed by atoms with Gasteiger partial charge in [-0.05, 0) is 26.8 Å². The standard InChI is InChI=1S/C10H22N2/c1-8(2)9-6-11-10(3,4)7-12(9)5/h8-9,11H,6-7H2,1-5H3/t9-/m0/s1. The predicted molar refractivity (Wildman–Crippen MR) is 53.3 cm³/mol. The van der Waals surface area contributed by atoms with Gasteiger partial charge in [0.1, 0.15) is 0 Å². The van der Waals surface area contributed by atoms with Crippen LogP contribution in [-0.2, 0) is 0 Å². The summed E-state index contributed by atoms with van der Waals surface area (Å²) in [6.07, 6.45) is 0. The highest BCUT2D eigenvalue weighted by molar-refractivity contribution is 4.91. The van der Waals surface area contributed by atoms with E-state index < -0.39 is 0 Å². The van der Waals surface area contributed by atoms with Crippen molar-refractivity contribution in [1.82, 2.24) is 10.2 Å². The molecule has 0 spiro atoms. The molecule has 2 heteroatoms. The van der Waals surface area contributed by atoms with E-state index in [0.717, 1.165) is 19.0 Å². The molecular weight excluding hydrogens is 148 g/mol. The first-order chi connectivity index (χ1) is 5.42. The largest absolute Gasteiger partial charge is 0.309 e. The molecule has 1 heterocycles. The van der Waals surface area contributed by atoms with Crippen molar-refractivity contribution in [1.29, 1.82) is 0 Å². The summed E-state index contributed by atoms with van der Waals surface area (Å²) >= 11 is 0. The second-order valence-electron chi connectivity index (χ2n) is 4.99. The summed E-state index contributed by atoms with van der Waals surface area (Å²) in [7, 11) is 2.23. The number of nitrogens with one attached hydrogen (secondary N) is 1. The van der Waals surface area contributed by atoms with Gasteiger partial charge in [0.15, 0.2) is 0 Å². The molecule has 1 atom stereocenters. The Labute approximate surface area is 76.3 Å². The molecule has 1 rings (SSSR count). The molecule has 0 amide bonds. The molecular formula is C10H22N2. The van der Waals surface area contributed by atoms with E-state index in [1.807, 2.05) is 0 Å². The van der Waals surface area contributed by atoms with Gasteiger partial charge in [-0.2, -0.15) is 0 Å². The molecule has 1 saturated heterocycles. The minimum Gasteiger partial charge on any atom is -0.309 e. The first-order valence-electron chi connectivity index (χ1n) is 4.88. The molecule has 72 valence electrons. The Morgan fingerprint density at radius 3 is 2.42 bits per heavy atom. The van der Waals surface area contributed by atoms with Crippen LogP contribution in [0.4, 0.5) is 0 Å². The van der Waals surface area contributed by atoms with E-state index in [2.05, 4.69) is 45.0 Å². The molecule has 0 unspecified atom stereocenters. The van der Waals surface area contributed by atoms with Crippen LogP contribution < -0.4 is 5.32 Å². The summed E-state index contributed by atoms with van der Waals surface area (Å²) in [5, 5.41) is 3.58. The van der Waals surface area contributed by atoms with E-state index >= 15 is 0 Å². The topological polar surface area (TPSA) is 15.3 Å². The number of piperazine rings is 1. The van der Waals surface area contributed by atoms with Gasteiger partial charge in [0.2, 0.25) is 0 Å². The molecule has 12 heavy (non-hydrogen) atoms. The average molecular weight is 170 g/mol. The summed E-state index contributed by atoms with van der Waals surface area (Å²) < 4.78 is 0. The van der Waals surface area contributed by atoms with Gasteiger partial charge >= 0.3 is 0 Å². The number of rotatable bonds is 1. The van der Waals surface area contributed by atoms with E-state index in [4.69, 9.17) is 0 Å². The van der Waals surface area contributed by atoms with Gasteiger partial charge in [-0.25, -0.2) is 0 Å². The first kappa shape index (κ1) is 10.0. The Hall–Kier alpha value is -0.0800. The SMILES string of the molecule is CC(C)[C@@H]1CNC(C)(C)CN1C. The fraction of sp³-hybridized carbons (Fsp3) is 1.00. The maximum Gasteiger partial charge on any atom is 0.0252 e. The molecule has 1 aliphatic rings. The maximum absolute atomic E-state index is 3.58. The van der Waals surface area contributed by atoms with Crippen molar-refractivity contribution < 1.29 is 0 Å². The van der Waals surface area contributed by atoms with Crippen molar-refractivity contribution in [3.8, 4) is 0 Å². The van der Waals surface area contributed by atoms with Gasteiger partial charge in [0.25, 0.3) is 0 Å². The summed E-state index contributed by atoms with van der Waals surface area (Å²) in [4.78, 5) is 2.47. The highest BCUT2D eigenvalue weighted by atomic mass is 15.2. The molecule has 1 aliphatic heterocycles. The molecule has 0 aliphatic carbocycles. The molecule has 0 aromatic carbocycles. The zero-order valence-electron chi connectivity index (χ0n) is 9.02. The lowest BCUT2D eigenvalue weighted by molar-refractivity contribution is 0.0946. The minimum absolute atomic E-state index is 0.292. The van der Waals surface area contributed by atoms with E-state index in [0.29, 0.717) is 11.6 Å². The van der Waals surface area contributed by atoms with Gasteiger partial charge in [0, 0.05) is 24.7 Å². The number of hydrogen-bond donors (Lipinski definition) is 1. The van der Waals surface area contributed by atoms with Gasteiger partial charge in [-0.15, -0.1) is 0 Å². The van der Waals surface area contributed by atoms with Crippen LogP contribution in [0.3, 0.4) is 0 Å². The fourth-order valence-corrected chi connectivity index (χ4v) is 2.08. The first-order valence-corrected chi connectivity index (χ1v) is 4.88. The quantitative estimate of drug-likeness (QED) is 0.638. The second kappa shape index (κ2) is 3.35. The maximum atomic E-state index is 3.58. The highest BCUT2D eigenvalue weighted by Gasteiger charge is 2.31. The molecule has 0 aromatic heterocycles. The normalized spacial score (nSPS) is 31.0. The van der Waals surface area contributed by atoms with Crippen LogP contribution in [0.2, 0.25) is 0 Å². The van der Waals surface area contributed by atoms with Crippen molar-refractivity contribution in [3.63, 3.8) is 0 Å². The molecule has 0 aromatic rings. The van der Waals surface area contributed by atoms with Gasteiger partial charge < -0.3 is 10.2 Å². The highest BCUT2D eigenvalue weighted by Crippen LogP contribution is 2.17. The van der Waals surface area contributed by atoms with Crippen molar-refractivity contribution in [2.75, 3.05) is 20.1 Å².